The lowest BCUT2D eigenvalue weighted by Gasteiger charge is -2.25. The Morgan fingerprint density at radius 2 is 1.84 bits per heavy atom. The van der Waals surface area contributed by atoms with Crippen LogP contribution in [0.15, 0.2) is 90.7 Å². The van der Waals surface area contributed by atoms with Crippen molar-refractivity contribution >= 4 is 71.5 Å². The summed E-state index contributed by atoms with van der Waals surface area (Å²) in [7, 11) is 0. The van der Waals surface area contributed by atoms with E-state index in [2.05, 4.69) is 31.9 Å². The highest BCUT2D eigenvalue weighted by atomic mass is 79.9. The van der Waals surface area contributed by atoms with Crippen LogP contribution >= 0.6 is 43.2 Å². The first-order valence-electron chi connectivity index (χ1n) is 9.23. The Labute approximate surface area is 197 Å². The van der Waals surface area contributed by atoms with Gasteiger partial charge >= 0.3 is 0 Å². The summed E-state index contributed by atoms with van der Waals surface area (Å²) in [6, 6.07) is 17.2. The number of aliphatic hydroxyl groups is 1. The van der Waals surface area contributed by atoms with Crippen molar-refractivity contribution in [3.8, 4) is 0 Å². The fourth-order valence-electron chi connectivity index (χ4n) is 3.70. The maximum Gasteiger partial charge on any atom is 0.294 e. The van der Waals surface area contributed by atoms with E-state index in [-0.39, 0.29) is 11.3 Å². The Morgan fingerprint density at radius 3 is 2.58 bits per heavy atom. The van der Waals surface area contributed by atoms with Crippen molar-refractivity contribution in [1.29, 1.82) is 0 Å². The molecule has 1 aliphatic rings. The number of halogens is 2. The molecule has 1 atom stereocenters. The minimum atomic E-state index is -0.755. The summed E-state index contributed by atoms with van der Waals surface area (Å²) in [6.07, 6.45) is 0. The summed E-state index contributed by atoms with van der Waals surface area (Å²) in [6.45, 7) is 0. The number of rotatable bonds is 4. The van der Waals surface area contributed by atoms with E-state index in [0.717, 1.165) is 19.2 Å². The molecule has 0 saturated heterocycles. The molecule has 8 heteroatoms. The zero-order valence-corrected chi connectivity index (χ0v) is 19.7. The van der Waals surface area contributed by atoms with Gasteiger partial charge in [-0.15, -0.1) is 11.3 Å². The van der Waals surface area contributed by atoms with Crippen molar-refractivity contribution in [3.05, 3.63) is 97.0 Å². The number of anilines is 1. The molecular weight excluding hydrogens is 546 g/mol. The van der Waals surface area contributed by atoms with Crippen molar-refractivity contribution < 1.29 is 19.1 Å². The van der Waals surface area contributed by atoms with Crippen LogP contribution in [0.1, 0.15) is 21.5 Å². The van der Waals surface area contributed by atoms with E-state index < -0.39 is 23.5 Å². The molecule has 0 saturated carbocycles. The summed E-state index contributed by atoms with van der Waals surface area (Å²) in [5.41, 5.74) is 1.12. The third kappa shape index (κ3) is 3.44. The maximum atomic E-state index is 13.5. The molecular formula is C23H13Br2NO4S. The second-order valence-electron chi connectivity index (χ2n) is 6.96. The molecule has 4 aromatic rings. The minimum Gasteiger partial charge on any atom is -0.503 e. The molecule has 1 amide bonds. The van der Waals surface area contributed by atoms with Crippen LogP contribution in [-0.4, -0.2) is 16.8 Å². The van der Waals surface area contributed by atoms with Gasteiger partial charge in [-0.1, -0.05) is 44.0 Å². The lowest BCUT2D eigenvalue weighted by Crippen LogP contribution is -2.30. The van der Waals surface area contributed by atoms with Crippen LogP contribution in [0.4, 0.5) is 5.69 Å². The van der Waals surface area contributed by atoms with Crippen molar-refractivity contribution in [3.63, 3.8) is 0 Å². The lowest BCUT2D eigenvalue weighted by molar-refractivity contribution is -0.117. The van der Waals surface area contributed by atoms with Crippen LogP contribution in [-0.2, 0) is 4.79 Å². The molecule has 154 valence electrons. The molecule has 1 aliphatic heterocycles. The highest BCUT2D eigenvalue weighted by molar-refractivity contribution is 9.10. The molecule has 1 unspecified atom stereocenters. The average Bonchev–Trinajstić information content (AvgIpc) is 3.46. The molecule has 1 N–H and O–H groups in total. The van der Waals surface area contributed by atoms with Crippen LogP contribution in [0.2, 0.25) is 0 Å². The highest BCUT2D eigenvalue weighted by Crippen LogP contribution is 2.44. The second-order valence-corrected chi connectivity index (χ2v) is 9.77. The van der Waals surface area contributed by atoms with Crippen molar-refractivity contribution in [2.24, 2.45) is 0 Å². The van der Waals surface area contributed by atoms with E-state index in [1.807, 2.05) is 35.7 Å². The largest absolute Gasteiger partial charge is 0.503 e. The molecule has 0 radical (unpaired) electrons. The molecule has 3 heterocycles. The number of carbonyl (C=O) groups is 2. The van der Waals surface area contributed by atoms with Crippen molar-refractivity contribution in [2.45, 2.75) is 6.04 Å². The Balaban J connectivity index is 1.64. The second kappa shape index (κ2) is 7.78. The number of ketones is 1. The van der Waals surface area contributed by atoms with E-state index >= 15 is 0 Å². The molecule has 2 aromatic carbocycles. The van der Waals surface area contributed by atoms with Gasteiger partial charge in [-0.05, 0) is 53.9 Å². The fourth-order valence-corrected chi connectivity index (χ4v) is 5.29. The Hall–Kier alpha value is -2.68. The minimum absolute atomic E-state index is 0.00514. The van der Waals surface area contributed by atoms with Crippen LogP contribution in [0.3, 0.4) is 0 Å². The first-order valence-corrected chi connectivity index (χ1v) is 11.7. The zero-order valence-electron chi connectivity index (χ0n) is 15.7. The van der Waals surface area contributed by atoms with Crippen molar-refractivity contribution in [1.82, 2.24) is 0 Å². The number of nitrogens with zero attached hydrogens (tertiary/aromatic N) is 1. The summed E-state index contributed by atoms with van der Waals surface area (Å²) in [5.74, 6) is -1.64. The topological polar surface area (TPSA) is 70.8 Å². The maximum absolute atomic E-state index is 13.5. The van der Waals surface area contributed by atoms with E-state index in [1.165, 1.54) is 16.2 Å². The lowest BCUT2D eigenvalue weighted by atomic mass is 10.00. The summed E-state index contributed by atoms with van der Waals surface area (Å²) < 4.78 is 7.40. The normalized spacial score (nSPS) is 16.5. The monoisotopic (exact) mass is 557 g/mol. The molecule has 5 nitrogen and oxygen atoms in total. The summed E-state index contributed by atoms with van der Waals surface area (Å²) in [4.78, 5) is 28.8. The van der Waals surface area contributed by atoms with Crippen LogP contribution in [0.25, 0.3) is 11.0 Å². The number of hydrogen-bond donors (Lipinski definition) is 1. The number of thiophene rings is 1. The number of benzene rings is 2. The van der Waals surface area contributed by atoms with Gasteiger partial charge < -0.3 is 9.52 Å². The zero-order chi connectivity index (χ0) is 21.7. The number of fused-ring (bicyclic) bond motifs is 1. The van der Waals surface area contributed by atoms with Crippen LogP contribution in [0, 0.1) is 0 Å². The van der Waals surface area contributed by atoms with E-state index in [1.54, 1.807) is 30.3 Å². The number of aliphatic hydroxyl groups excluding tert-OH is 1. The van der Waals surface area contributed by atoms with Gasteiger partial charge in [0.15, 0.2) is 11.5 Å². The quantitative estimate of drug-likeness (QED) is 0.279. The third-order valence-electron chi connectivity index (χ3n) is 5.05. The highest BCUT2D eigenvalue weighted by Gasteiger charge is 2.45. The van der Waals surface area contributed by atoms with Gasteiger partial charge in [0.05, 0.1) is 5.57 Å². The van der Waals surface area contributed by atoms with Crippen LogP contribution < -0.4 is 4.90 Å². The van der Waals surface area contributed by atoms with Gasteiger partial charge in [0.25, 0.3) is 5.91 Å². The van der Waals surface area contributed by atoms with Gasteiger partial charge in [0.1, 0.15) is 11.6 Å². The first-order chi connectivity index (χ1) is 14.9. The number of Topliss-reactive ketones (excluding diaryl/α,β-unsaturated/α-hetero) is 1. The van der Waals surface area contributed by atoms with Gasteiger partial charge in [-0.25, -0.2) is 0 Å². The summed E-state index contributed by atoms with van der Waals surface area (Å²) >= 11 is 8.24. The van der Waals surface area contributed by atoms with Crippen molar-refractivity contribution in [2.75, 3.05) is 4.90 Å². The predicted molar refractivity (Wildman–Crippen MR) is 127 cm³/mol. The number of carbonyl (C=O) groups excluding carboxylic acids is 2. The first kappa shape index (κ1) is 20.2. The molecule has 0 aliphatic carbocycles. The molecule has 0 spiro atoms. The van der Waals surface area contributed by atoms with Crippen LogP contribution in [0.5, 0.6) is 0 Å². The summed E-state index contributed by atoms with van der Waals surface area (Å²) in [5, 5.41) is 13.4. The Morgan fingerprint density at radius 1 is 1.03 bits per heavy atom. The van der Waals surface area contributed by atoms with Gasteiger partial charge in [0.2, 0.25) is 5.78 Å². The number of amides is 1. The predicted octanol–water partition coefficient (Wildman–Crippen LogP) is 6.80. The Bertz CT molecular complexity index is 1370. The third-order valence-corrected chi connectivity index (χ3v) is 6.97. The number of furan rings is 1. The average molecular weight is 559 g/mol. The fraction of sp³-hybridized carbons (Fsp3) is 0.0435. The molecule has 5 rings (SSSR count). The SMILES string of the molecule is O=C(C1=C(O)C(=O)N(c2cccc(Br)c2)C1c1cccs1)c1cc2cc(Br)ccc2o1. The standard InChI is InChI=1S/C23H13Br2NO4S/c24-13-3-1-4-15(11-13)26-20(18-5-2-8-31-18)19(22(28)23(26)29)21(27)17-10-12-9-14(25)6-7-16(12)30-17/h1-11,20,28H. The number of hydrogen-bond acceptors (Lipinski definition) is 5. The molecule has 2 aromatic heterocycles. The van der Waals surface area contributed by atoms with Gasteiger partial charge in [0, 0.05) is 24.9 Å². The van der Waals surface area contributed by atoms with Gasteiger partial charge in [-0.3, -0.25) is 14.5 Å². The Kier molecular flexibility index (Phi) is 5.08. The smallest absolute Gasteiger partial charge is 0.294 e. The van der Waals surface area contributed by atoms with E-state index in [9.17, 15) is 14.7 Å². The van der Waals surface area contributed by atoms with E-state index in [0.29, 0.717) is 11.3 Å². The molecule has 31 heavy (non-hydrogen) atoms. The molecule has 0 fully saturated rings. The van der Waals surface area contributed by atoms with Gasteiger partial charge in [-0.2, -0.15) is 0 Å². The van der Waals surface area contributed by atoms with E-state index in [4.69, 9.17) is 4.42 Å². The molecule has 0 bridgehead atoms.